The third-order valence-electron chi connectivity index (χ3n) is 7.41. The molecule has 2 aliphatic heterocycles. The van der Waals surface area contributed by atoms with Gasteiger partial charge in [-0.15, -0.1) is 0 Å². The highest BCUT2D eigenvalue weighted by Crippen LogP contribution is 2.41. The Labute approximate surface area is 196 Å². The van der Waals surface area contributed by atoms with Crippen molar-refractivity contribution in [1.29, 1.82) is 0 Å². The van der Waals surface area contributed by atoms with Crippen molar-refractivity contribution in [2.75, 3.05) is 13.2 Å². The van der Waals surface area contributed by atoms with Crippen LogP contribution >= 0.6 is 0 Å². The van der Waals surface area contributed by atoms with Crippen LogP contribution < -0.4 is 0 Å². The lowest BCUT2D eigenvalue weighted by Gasteiger charge is -2.48. The molecule has 0 aromatic heterocycles. The fraction of sp³-hybridized carbons (Fsp3) is 0.704. The van der Waals surface area contributed by atoms with Gasteiger partial charge in [0.25, 0.3) is 0 Å². The summed E-state index contributed by atoms with van der Waals surface area (Å²) in [6.07, 6.45) is 6.96. The second kappa shape index (κ2) is 11.0. The van der Waals surface area contributed by atoms with Gasteiger partial charge in [-0.3, -0.25) is 0 Å². The van der Waals surface area contributed by atoms with Crippen molar-refractivity contribution in [3.05, 3.63) is 48.0 Å². The number of ether oxygens (including phenoxy) is 3. The maximum atomic E-state index is 6.65. The summed E-state index contributed by atoms with van der Waals surface area (Å²) in [5, 5.41) is 0.236. The van der Waals surface area contributed by atoms with E-state index in [0.29, 0.717) is 6.61 Å². The highest BCUT2D eigenvalue weighted by Gasteiger charge is 2.48. The Morgan fingerprint density at radius 3 is 2.56 bits per heavy atom. The topological polar surface area (TPSA) is 36.9 Å². The van der Waals surface area contributed by atoms with Crippen LogP contribution in [0.5, 0.6) is 0 Å². The van der Waals surface area contributed by atoms with Crippen molar-refractivity contribution in [1.82, 2.24) is 0 Å². The van der Waals surface area contributed by atoms with Crippen molar-refractivity contribution >= 4 is 8.32 Å². The van der Waals surface area contributed by atoms with Crippen LogP contribution in [0.1, 0.15) is 71.3 Å². The largest absolute Gasteiger partial charge is 0.417 e. The number of benzene rings is 1. The molecule has 2 aliphatic rings. The Bertz CT molecular complexity index is 719. The lowest BCUT2D eigenvalue weighted by molar-refractivity contribution is -0.342. The molecular formula is C27H44O4Si. The van der Waals surface area contributed by atoms with Crippen LogP contribution in [-0.2, 0) is 25.2 Å². The molecule has 1 aromatic rings. The van der Waals surface area contributed by atoms with E-state index in [1.807, 2.05) is 6.07 Å². The molecule has 1 spiro atoms. The lowest BCUT2D eigenvalue weighted by Crippen LogP contribution is -2.55. The van der Waals surface area contributed by atoms with Gasteiger partial charge >= 0.3 is 0 Å². The van der Waals surface area contributed by atoms with E-state index >= 15 is 0 Å². The van der Waals surface area contributed by atoms with Gasteiger partial charge in [-0.1, -0.05) is 63.3 Å². The van der Waals surface area contributed by atoms with Gasteiger partial charge in [-0.2, -0.15) is 0 Å². The Kier molecular flexibility index (Phi) is 8.78. The van der Waals surface area contributed by atoms with E-state index in [2.05, 4.69) is 64.7 Å². The van der Waals surface area contributed by atoms with Crippen molar-refractivity contribution in [3.8, 4) is 0 Å². The fourth-order valence-corrected chi connectivity index (χ4v) is 5.37. The summed E-state index contributed by atoms with van der Waals surface area (Å²) in [7, 11) is -1.71. The van der Waals surface area contributed by atoms with Gasteiger partial charge in [-0.05, 0) is 62.2 Å². The molecule has 3 rings (SSSR count). The van der Waals surface area contributed by atoms with E-state index in [9.17, 15) is 0 Å². The van der Waals surface area contributed by atoms with E-state index in [1.54, 1.807) is 0 Å². The third kappa shape index (κ3) is 6.77. The van der Waals surface area contributed by atoms with Gasteiger partial charge < -0.3 is 18.6 Å². The van der Waals surface area contributed by atoms with Crippen molar-refractivity contribution in [2.45, 2.75) is 108 Å². The smallest absolute Gasteiger partial charge is 0.194 e. The molecular weight excluding hydrogens is 416 g/mol. The van der Waals surface area contributed by atoms with Gasteiger partial charge in [0.2, 0.25) is 0 Å². The zero-order valence-corrected chi connectivity index (χ0v) is 22.0. The van der Waals surface area contributed by atoms with E-state index in [0.717, 1.165) is 58.2 Å². The Hall–Kier alpha value is -0.983. The Morgan fingerprint density at radius 1 is 1.16 bits per heavy atom. The molecule has 0 radical (unpaired) electrons. The lowest BCUT2D eigenvalue weighted by atomic mass is 9.89. The zero-order chi connectivity index (χ0) is 23.2. The minimum absolute atomic E-state index is 0.0190. The summed E-state index contributed by atoms with van der Waals surface area (Å²) in [6.45, 7) is 17.9. The van der Waals surface area contributed by atoms with Crippen LogP contribution in [0, 0.1) is 0 Å². The molecule has 2 fully saturated rings. The predicted molar refractivity (Wildman–Crippen MR) is 133 cm³/mol. The second-order valence-electron chi connectivity index (χ2n) is 11.0. The third-order valence-corrected chi connectivity index (χ3v) is 11.9. The minimum Gasteiger partial charge on any atom is -0.417 e. The van der Waals surface area contributed by atoms with Crippen LogP contribution in [0.4, 0.5) is 0 Å². The fourth-order valence-electron chi connectivity index (χ4n) is 4.33. The highest BCUT2D eigenvalue weighted by molar-refractivity contribution is 6.74. The molecule has 1 aromatic carbocycles. The molecule has 0 unspecified atom stereocenters. The molecule has 0 saturated carbocycles. The quantitative estimate of drug-likeness (QED) is 0.293. The van der Waals surface area contributed by atoms with E-state index < -0.39 is 14.1 Å². The first-order valence-electron chi connectivity index (χ1n) is 12.4. The van der Waals surface area contributed by atoms with Gasteiger partial charge in [-0.25, -0.2) is 0 Å². The Morgan fingerprint density at radius 2 is 1.91 bits per heavy atom. The Balaban J connectivity index is 1.52. The predicted octanol–water partition coefficient (Wildman–Crippen LogP) is 7.01. The standard InChI is InChI=1S/C27H44O4Si/c1-22(16-19-30-32(5,6)26(2,3)4)20-24-14-15-25(27(31-24)17-10-11-18-29-27)28-21-23-12-8-7-9-13-23/h7-9,12-13,24-25H,1,10-11,14-21H2,2-6H3/t24-,25+,27+/m1/s1. The van der Waals surface area contributed by atoms with Crippen LogP contribution in [0.25, 0.3) is 0 Å². The molecule has 0 N–H and O–H groups in total. The molecule has 2 saturated heterocycles. The molecule has 32 heavy (non-hydrogen) atoms. The van der Waals surface area contributed by atoms with Crippen LogP contribution in [-0.4, -0.2) is 39.5 Å². The summed E-state index contributed by atoms with van der Waals surface area (Å²) < 4.78 is 25.6. The number of hydrogen-bond acceptors (Lipinski definition) is 4. The maximum Gasteiger partial charge on any atom is 0.194 e. The number of hydrogen-bond donors (Lipinski definition) is 0. The van der Waals surface area contributed by atoms with Crippen LogP contribution in [0.3, 0.4) is 0 Å². The normalized spacial score (nSPS) is 26.9. The van der Waals surface area contributed by atoms with Crippen molar-refractivity contribution < 1.29 is 18.6 Å². The molecule has 2 heterocycles. The average Bonchev–Trinajstić information content (AvgIpc) is 2.73. The summed E-state index contributed by atoms with van der Waals surface area (Å²) in [5.41, 5.74) is 2.40. The molecule has 0 amide bonds. The summed E-state index contributed by atoms with van der Waals surface area (Å²) >= 11 is 0. The first kappa shape index (κ1) is 25.6. The monoisotopic (exact) mass is 460 g/mol. The van der Waals surface area contributed by atoms with Crippen molar-refractivity contribution in [2.24, 2.45) is 0 Å². The zero-order valence-electron chi connectivity index (χ0n) is 21.0. The highest BCUT2D eigenvalue weighted by atomic mass is 28.4. The molecule has 4 nitrogen and oxygen atoms in total. The first-order valence-corrected chi connectivity index (χ1v) is 15.3. The average molecular weight is 461 g/mol. The van der Waals surface area contributed by atoms with E-state index in [-0.39, 0.29) is 17.2 Å². The van der Waals surface area contributed by atoms with Gasteiger partial charge in [0.15, 0.2) is 14.1 Å². The van der Waals surface area contributed by atoms with Gasteiger partial charge in [0.1, 0.15) is 6.10 Å². The minimum atomic E-state index is -1.71. The summed E-state index contributed by atoms with van der Waals surface area (Å²) in [5.74, 6) is -0.603. The molecule has 0 aliphatic carbocycles. The van der Waals surface area contributed by atoms with Gasteiger partial charge in [0.05, 0.1) is 19.3 Å². The molecule has 5 heteroatoms. The van der Waals surface area contributed by atoms with Crippen molar-refractivity contribution in [3.63, 3.8) is 0 Å². The summed E-state index contributed by atoms with van der Waals surface area (Å²) in [4.78, 5) is 0. The molecule has 0 bridgehead atoms. The second-order valence-corrected chi connectivity index (χ2v) is 15.8. The SMILES string of the molecule is C=C(CCO[Si](C)(C)C(C)(C)C)C[C@H]1CC[C@H](OCc2ccccc2)[C@]2(CCCCO2)O1. The van der Waals surface area contributed by atoms with Gasteiger partial charge in [0, 0.05) is 13.0 Å². The molecule has 3 atom stereocenters. The van der Waals surface area contributed by atoms with E-state index in [1.165, 1.54) is 11.1 Å². The van der Waals surface area contributed by atoms with E-state index in [4.69, 9.17) is 18.6 Å². The number of rotatable bonds is 9. The first-order chi connectivity index (χ1) is 15.1. The van der Waals surface area contributed by atoms with Crippen LogP contribution in [0.15, 0.2) is 42.5 Å². The maximum absolute atomic E-state index is 6.65. The summed E-state index contributed by atoms with van der Waals surface area (Å²) in [6, 6.07) is 10.4. The van der Waals surface area contributed by atoms with Crippen LogP contribution in [0.2, 0.25) is 18.1 Å². The molecule has 180 valence electrons.